The molecule has 0 spiro atoms. The van der Waals surface area contributed by atoms with Crippen LogP contribution < -0.4 is 33.3 Å². The van der Waals surface area contributed by atoms with Gasteiger partial charge in [-0.3, -0.25) is 0 Å². The molecule has 2 nitrogen and oxygen atoms in total. The summed E-state index contributed by atoms with van der Waals surface area (Å²) in [5.74, 6) is 0.888. The second-order valence-electron chi connectivity index (χ2n) is 5.59. The van der Waals surface area contributed by atoms with E-state index in [1.807, 2.05) is 30.3 Å². The number of hydrogen-bond acceptors (Lipinski definition) is 1. The highest BCUT2D eigenvalue weighted by molar-refractivity contribution is 5.67. The van der Waals surface area contributed by atoms with Gasteiger partial charge in [0.05, 0.1) is 0 Å². The third-order valence-corrected chi connectivity index (χ3v) is 3.89. The molecular formula is C22H22INO. The van der Waals surface area contributed by atoms with Gasteiger partial charge in [-0.1, -0.05) is 42.5 Å². The standard InChI is InChI=1S/C22H22NO.HI/c1-2-23-17-7-6-10-21(23)14-11-19-12-15-22(16-13-19)24-18-20-8-4-3-5-9-20;/h3-17H,2,18H2,1H3;1H/q+1;/p-1/b14-11+;. The summed E-state index contributed by atoms with van der Waals surface area (Å²) < 4.78 is 8.03. The molecule has 2 aromatic carbocycles. The van der Waals surface area contributed by atoms with E-state index in [4.69, 9.17) is 4.74 Å². The van der Waals surface area contributed by atoms with Crippen LogP contribution in [0.1, 0.15) is 23.7 Å². The maximum Gasteiger partial charge on any atom is 0.205 e. The van der Waals surface area contributed by atoms with Gasteiger partial charge in [-0.25, -0.2) is 0 Å². The fraction of sp³-hybridized carbons (Fsp3) is 0.136. The van der Waals surface area contributed by atoms with Crippen molar-refractivity contribution in [2.75, 3.05) is 0 Å². The van der Waals surface area contributed by atoms with Crippen molar-refractivity contribution in [3.8, 4) is 5.75 Å². The van der Waals surface area contributed by atoms with E-state index in [0.29, 0.717) is 6.61 Å². The summed E-state index contributed by atoms with van der Waals surface area (Å²) >= 11 is 0. The smallest absolute Gasteiger partial charge is 0.205 e. The van der Waals surface area contributed by atoms with Crippen LogP contribution in [0.4, 0.5) is 0 Å². The first-order valence-corrected chi connectivity index (χ1v) is 8.28. The Balaban J connectivity index is 0.00000225. The second-order valence-corrected chi connectivity index (χ2v) is 5.59. The predicted octanol–water partition coefficient (Wildman–Crippen LogP) is 1.75. The zero-order valence-corrected chi connectivity index (χ0v) is 16.5. The van der Waals surface area contributed by atoms with E-state index in [2.05, 4.69) is 72.3 Å². The molecule has 0 fully saturated rings. The van der Waals surface area contributed by atoms with Crippen LogP contribution in [0.3, 0.4) is 0 Å². The van der Waals surface area contributed by atoms with Gasteiger partial charge in [-0.05, 0) is 42.3 Å². The molecule has 3 heteroatoms. The van der Waals surface area contributed by atoms with Crippen LogP contribution in [-0.4, -0.2) is 0 Å². The van der Waals surface area contributed by atoms with Crippen LogP contribution in [0.2, 0.25) is 0 Å². The molecule has 0 bridgehead atoms. The molecule has 0 aliphatic rings. The first kappa shape index (κ1) is 19.2. The highest BCUT2D eigenvalue weighted by Crippen LogP contribution is 2.15. The Kier molecular flexibility index (Phi) is 7.67. The minimum absolute atomic E-state index is 0. The van der Waals surface area contributed by atoms with E-state index >= 15 is 0 Å². The van der Waals surface area contributed by atoms with E-state index in [0.717, 1.165) is 17.9 Å². The monoisotopic (exact) mass is 443 g/mol. The molecule has 0 radical (unpaired) electrons. The Bertz CT molecular complexity index is 798. The van der Waals surface area contributed by atoms with Crippen molar-refractivity contribution in [3.63, 3.8) is 0 Å². The molecule has 0 amide bonds. The lowest BCUT2D eigenvalue weighted by molar-refractivity contribution is -0.695. The van der Waals surface area contributed by atoms with Crippen molar-refractivity contribution in [1.82, 2.24) is 0 Å². The van der Waals surface area contributed by atoms with Crippen molar-refractivity contribution < 1.29 is 33.3 Å². The van der Waals surface area contributed by atoms with Crippen LogP contribution in [0.25, 0.3) is 12.2 Å². The maximum absolute atomic E-state index is 5.82. The lowest BCUT2D eigenvalue weighted by atomic mass is 10.2. The van der Waals surface area contributed by atoms with Gasteiger partial charge in [0.1, 0.15) is 18.9 Å². The minimum atomic E-state index is 0. The third kappa shape index (κ3) is 5.71. The molecule has 0 saturated heterocycles. The third-order valence-electron chi connectivity index (χ3n) is 3.89. The Morgan fingerprint density at radius 1 is 0.840 bits per heavy atom. The number of halogens is 1. The van der Waals surface area contributed by atoms with Crippen LogP contribution >= 0.6 is 0 Å². The van der Waals surface area contributed by atoms with Gasteiger partial charge in [0.2, 0.25) is 5.69 Å². The fourth-order valence-corrected chi connectivity index (χ4v) is 2.53. The molecule has 25 heavy (non-hydrogen) atoms. The molecule has 0 N–H and O–H groups in total. The molecule has 0 aliphatic carbocycles. The van der Waals surface area contributed by atoms with E-state index in [9.17, 15) is 0 Å². The maximum atomic E-state index is 5.82. The molecule has 1 aromatic heterocycles. The second kappa shape index (κ2) is 9.99. The van der Waals surface area contributed by atoms with E-state index in [-0.39, 0.29) is 24.0 Å². The quantitative estimate of drug-likeness (QED) is 0.418. The fourth-order valence-electron chi connectivity index (χ4n) is 2.53. The number of ether oxygens (including phenoxy) is 1. The molecule has 1 heterocycles. The number of rotatable bonds is 6. The SMILES string of the molecule is CC[n+]1ccccc1/C=C/c1ccc(OCc2ccccc2)cc1.[I-]. The minimum Gasteiger partial charge on any atom is -1.00 e. The van der Waals surface area contributed by atoms with Crippen molar-refractivity contribution in [2.24, 2.45) is 0 Å². The average molecular weight is 443 g/mol. The molecule has 3 rings (SSSR count). The van der Waals surface area contributed by atoms with Crippen LogP contribution in [0.15, 0.2) is 79.0 Å². The van der Waals surface area contributed by atoms with Gasteiger partial charge in [0.15, 0.2) is 6.20 Å². The summed E-state index contributed by atoms with van der Waals surface area (Å²) in [5, 5.41) is 0. The average Bonchev–Trinajstić information content (AvgIpc) is 2.66. The van der Waals surface area contributed by atoms with Gasteiger partial charge in [-0.2, -0.15) is 4.57 Å². The van der Waals surface area contributed by atoms with Gasteiger partial charge in [0.25, 0.3) is 0 Å². The predicted molar refractivity (Wildman–Crippen MR) is 98.5 cm³/mol. The zero-order valence-electron chi connectivity index (χ0n) is 14.3. The van der Waals surface area contributed by atoms with Crippen molar-refractivity contribution in [1.29, 1.82) is 0 Å². The van der Waals surface area contributed by atoms with E-state index in [1.54, 1.807) is 0 Å². The molecule has 0 saturated carbocycles. The Labute approximate surface area is 166 Å². The molecule has 128 valence electrons. The van der Waals surface area contributed by atoms with Gasteiger partial charge in [0, 0.05) is 18.2 Å². The molecule has 3 aromatic rings. The van der Waals surface area contributed by atoms with Crippen LogP contribution in [-0.2, 0) is 13.2 Å². The lowest BCUT2D eigenvalue weighted by Crippen LogP contribution is -3.00. The number of benzene rings is 2. The van der Waals surface area contributed by atoms with Gasteiger partial charge >= 0.3 is 0 Å². The summed E-state index contributed by atoms with van der Waals surface area (Å²) in [4.78, 5) is 0. The first-order chi connectivity index (χ1) is 11.8. The summed E-state index contributed by atoms with van der Waals surface area (Å²) in [6.45, 7) is 3.71. The highest BCUT2D eigenvalue weighted by atomic mass is 127. The van der Waals surface area contributed by atoms with Crippen molar-refractivity contribution >= 4 is 12.2 Å². The normalized spacial score (nSPS) is 10.4. The molecular weight excluding hydrogens is 421 g/mol. The van der Waals surface area contributed by atoms with Crippen LogP contribution in [0.5, 0.6) is 5.75 Å². The summed E-state index contributed by atoms with van der Waals surface area (Å²) in [5.41, 5.74) is 3.53. The van der Waals surface area contributed by atoms with Gasteiger partial charge < -0.3 is 28.7 Å². The first-order valence-electron chi connectivity index (χ1n) is 8.28. The summed E-state index contributed by atoms with van der Waals surface area (Å²) in [6, 6.07) is 24.6. The van der Waals surface area contributed by atoms with Crippen molar-refractivity contribution in [2.45, 2.75) is 20.1 Å². The number of aryl methyl sites for hydroxylation is 1. The summed E-state index contributed by atoms with van der Waals surface area (Å²) in [7, 11) is 0. The van der Waals surface area contributed by atoms with E-state index < -0.39 is 0 Å². The Morgan fingerprint density at radius 3 is 2.28 bits per heavy atom. The number of aromatic nitrogens is 1. The zero-order chi connectivity index (χ0) is 16.6. The topological polar surface area (TPSA) is 13.1 Å². The molecule has 0 aliphatic heterocycles. The van der Waals surface area contributed by atoms with Crippen LogP contribution in [0, 0.1) is 0 Å². The number of hydrogen-bond donors (Lipinski definition) is 0. The highest BCUT2D eigenvalue weighted by Gasteiger charge is 2.02. The lowest BCUT2D eigenvalue weighted by Gasteiger charge is -2.06. The largest absolute Gasteiger partial charge is 1.00 e. The number of pyridine rings is 1. The van der Waals surface area contributed by atoms with E-state index in [1.165, 1.54) is 11.3 Å². The molecule has 0 unspecified atom stereocenters. The Morgan fingerprint density at radius 2 is 1.56 bits per heavy atom. The summed E-state index contributed by atoms with van der Waals surface area (Å²) in [6.07, 6.45) is 6.37. The van der Waals surface area contributed by atoms with Gasteiger partial charge in [-0.15, -0.1) is 0 Å². The Hall–Kier alpha value is -2.14. The van der Waals surface area contributed by atoms with Crippen molar-refractivity contribution in [3.05, 3.63) is 95.8 Å². The number of nitrogens with zero attached hydrogens (tertiary/aromatic N) is 1. The molecule has 0 atom stereocenters.